The zero-order valence-corrected chi connectivity index (χ0v) is 13.6. The predicted molar refractivity (Wildman–Crippen MR) is 84.3 cm³/mol. The van der Waals surface area contributed by atoms with Crippen molar-refractivity contribution in [1.82, 2.24) is 20.0 Å². The van der Waals surface area contributed by atoms with Gasteiger partial charge in [0.05, 0.1) is 6.67 Å². The Bertz CT molecular complexity index is 422. The van der Waals surface area contributed by atoms with Crippen LogP contribution >= 0.6 is 0 Å². The van der Waals surface area contributed by atoms with Gasteiger partial charge in [0, 0.05) is 32.2 Å². The van der Waals surface area contributed by atoms with Crippen LogP contribution in [0.2, 0.25) is 0 Å². The molecule has 0 aromatic heterocycles. The summed E-state index contributed by atoms with van der Waals surface area (Å²) in [7, 11) is 0. The first kappa shape index (κ1) is 15.6. The largest absolute Gasteiger partial charge is 0.334 e. The monoisotopic (exact) mass is 308 g/mol. The number of hydrogen-bond donors (Lipinski definition) is 1. The van der Waals surface area contributed by atoms with Gasteiger partial charge in [-0.15, -0.1) is 0 Å². The van der Waals surface area contributed by atoms with Gasteiger partial charge >= 0.3 is 6.03 Å². The molecule has 6 nitrogen and oxygen atoms in total. The number of carbonyl (C=O) groups excluding carboxylic acids is 2. The fraction of sp³-hybridized carbons (Fsp3) is 0.875. The van der Waals surface area contributed by atoms with Crippen molar-refractivity contribution in [1.29, 1.82) is 0 Å². The van der Waals surface area contributed by atoms with Gasteiger partial charge in [-0.2, -0.15) is 0 Å². The second-order valence-corrected chi connectivity index (χ2v) is 6.93. The first-order valence-corrected chi connectivity index (χ1v) is 8.71. The molecule has 2 heterocycles. The maximum atomic E-state index is 12.3. The van der Waals surface area contributed by atoms with Gasteiger partial charge in [0.25, 0.3) is 0 Å². The summed E-state index contributed by atoms with van der Waals surface area (Å²) in [6.45, 7) is 6.50. The maximum absolute atomic E-state index is 12.3. The normalized spacial score (nSPS) is 27.1. The van der Waals surface area contributed by atoms with E-state index in [0.29, 0.717) is 13.2 Å². The number of hydrogen-bond acceptors (Lipinski definition) is 3. The lowest BCUT2D eigenvalue weighted by atomic mass is 10.1. The van der Waals surface area contributed by atoms with E-state index in [9.17, 15) is 9.59 Å². The molecule has 0 unspecified atom stereocenters. The van der Waals surface area contributed by atoms with Crippen molar-refractivity contribution in [2.24, 2.45) is 5.92 Å². The van der Waals surface area contributed by atoms with Crippen LogP contribution in [0.25, 0.3) is 0 Å². The molecule has 1 saturated carbocycles. The number of nitrogens with one attached hydrogen (secondary N) is 1. The summed E-state index contributed by atoms with van der Waals surface area (Å²) in [6.07, 6.45) is 6.54. The van der Waals surface area contributed by atoms with Gasteiger partial charge in [-0.25, -0.2) is 4.79 Å². The van der Waals surface area contributed by atoms with Crippen molar-refractivity contribution < 1.29 is 9.59 Å². The molecule has 2 aliphatic heterocycles. The number of urea groups is 1. The van der Waals surface area contributed by atoms with Gasteiger partial charge in [0.2, 0.25) is 5.91 Å². The van der Waals surface area contributed by atoms with E-state index in [4.69, 9.17) is 0 Å². The molecule has 0 spiro atoms. The highest BCUT2D eigenvalue weighted by molar-refractivity contribution is 5.87. The summed E-state index contributed by atoms with van der Waals surface area (Å²) < 4.78 is 0. The fourth-order valence-electron chi connectivity index (χ4n) is 3.95. The zero-order chi connectivity index (χ0) is 15.5. The summed E-state index contributed by atoms with van der Waals surface area (Å²) in [5.74, 6) is 0.913. The van der Waals surface area contributed by atoms with Gasteiger partial charge in [0.1, 0.15) is 6.54 Å². The molecule has 1 N–H and O–H groups in total. The highest BCUT2D eigenvalue weighted by Crippen LogP contribution is 2.26. The number of likely N-dealkylation sites (N-methyl/N-ethyl adjacent to an activating group) is 1. The van der Waals surface area contributed by atoms with E-state index < -0.39 is 0 Å². The topological polar surface area (TPSA) is 55.9 Å². The van der Waals surface area contributed by atoms with Gasteiger partial charge < -0.3 is 15.1 Å². The van der Waals surface area contributed by atoms with Crippen molar-refractivity contribution in [3.05, 3.63) is 0 Å². The summed E-state index contributed by atoms with van der Waals surface area (Å²) in [5, 5.41) is 3.11. The minimum absolute atomic E-state index is 0.0481. The molecule has 0 radical (unpaired) electrons. The van der Waals surface area contributed by atoms with Crippen LogP contribution in [0.1, 0.15) is 39.0 Å². The highest BCUT2D eigenvalue weighted by atomic mass is 16.2. The van der Waals surface area contributed by atoms with Crippen LogP contribution in [0.3, 0.4) is 0 Å². The quantitative estimate of drug-likeness (QED) is 0.845. The Morgan fingerprint density at radius 2 is 2.05 bits per heavy atom. The van der Waals surface area contributed by atoms with E-state index in [2.05, 4.69) is 10.2 Å². The number of likely N-dealkylation sites (tertiary alicyclic amines) is 1. The Morgan fingerprint density at radius 1 is 1.27 bits per heavy atom. The SMILES string of the molecule is CCN1CN(C(=O)N[C@@H]2CCN(CC3CCCC3)C2)CC1=O. The van der Waals surface area contributed by atoms with Crippen molar-refractivity contribution in [3.8, 4) is 0 Å². The van der Waals surface area contributed by atoms with Crippen LogP contribution in [0.5, 0.6) is 0 Å². The molecule has 124 valence electrons. The van der Waals surface area contributed by atoms with Gasteiger partial charge in [-0.1, -0.05) is 12.8 Å². The van der Waals surface area contributed by atoms with E-state index >= 15 is 0 Å². The van der Waals surface area contributed by atoms with E-state index in [1.807, 2.05) is 6.92 Å². The molecule has 3 amide bonds. The highest BCUT2D eigenvalue weighted by Gasteiger charge is 2.32. The summed E-state index contributed by atoms with van der Waals surface area (Å²) >= 11 is 0. The molecule has 0 bridgehead atoms. The minimum atomic E-state index is -0.0861. The molecule has 0 aromatic carbocycles. The second kappa shape index (κ2) is 6.86. The fourth-order valence-corrected chi connectivity index (χ4v) is 3.95. The minimum Gasteiger partial charge on any atom is -0.334 e. The van der Waals surface area contributed by atoms with E-state index in [1.54, 1.807) is 9.80 Å². The number of nitrogens with zero attached hydrogens (tertiary/aromatic N) is 3. The summed E-state index contributed by atoms with van der Waals surface area (Å²) in [5.41, 5.74) is 0. The average molecular weight is 308 g/mol. The van der Waals surface area contributed by atoms with E-state index in [1.165, 1.54) is 32.2 Å². The first-order chi connectivity index (χ1) is 10.7. The maximum Gasteiger partial charge on any atom is 0.319 e. The molecule has 22 heavy (non-hydrogen) atoms. The van der Waals surface area contributed by atoms with Gasteiger partial charge in [-0.05, 0) is 32.1 Å². The number of rotatable bonds is 4. The molecule has 0 aromatic rings. The standard InChI is InChI=1S/C16H28N4O2/c1-2-19-12-20(11-15(19)21)16(22)17-14-7-8-18(10-14)9-13-5-3-4-6-13/h13-14H,2-12H2,1H3,(H,17,22)/t14-/m1/s1. The lowest BCUT2D eigenvalue weighted by Gasteiger charge is -2.22. The molecular weight excluding hydrogens is 280 g/mol. The molecule has 1 atom stereocenters. The summed E-state index contributed by atoms with van der Waals surface area (Å²) in [4.78, 5) is 29.8. The lowest BCUT2D eigenvalue weighted by Crippen LogP contribution is -2.45. The van der Waals surface area contributed by atoms with Gasteiger partial charge in [0.15, 0.2) is 0 Å². The van der Waals surface area contributed by atoms with Crippen LogP contribution in [0.15, 0.2) is 0 Å². The molecule has 1 aliphatic carbocycles. The predicted octanol–water partition coefficient (Wildman–Crippen LogP) is 1.08. The molecule has 2 saturated heterocycles. The third kappa shape index (κ3) is 3.54. The third-order valence-corrected chi connectivity index (χ3v) is 5.28. The third-order valence-electron chi connectivity index (χ3n) is 5.28. The van der Waals surface area contributed by atoms with Crippen LogP contribution in [-0.2, 0) is 4.79 Å². The number of amides is 3. The Balaban J connectivity index is 1.42. The van der Waals surface area contributed by atoms with Crippen molar-refractivity contribution in [2.75, 3.05) is 39.4 Å². The molecule has 3 rings (SSSR count). The van der Waals surface area contributed by atoms with Crippen LogP contribution in [0, 0.1) is 5.92 Å². The molecule has 3 aliphatic rings. The lowest BCUT2D eigenvalue weighted by molar-refractivity contribution is -0.126. The Kier molecular flexibility index (Phi) is 4.86. The smallest absolute Gasteiger partial charge is 0.319 e. The van der Waals surface area contributed by atoms with Crippen molar-refractivity contribution in [2.45, 2.75) is 45.1 Å². The molecular formula is C16H28N4O2. The second-order valence-electron chi connectivity index (χ2n) is 6.93. The van der Waals surface area contributed by atoms with Crippen molar-refractivity contribution >= 4 is 11.9 Å². The Labute approximate surface area is 132 Å². The van der Waals surface area contributed by atoms with Crippen LogP contribution in [0.4, 0.5) is 4.79 Å². The Morgan fingerprint density at radius 3 is 2.73 bits per heavy atom. The number of carbonyl (C=O) groups is 2. The first-order valence-electron chi connectivity index (χ1n) is 8.71. The zero-order valence-electron chi connectivity index (χ0n) is 13.6. The van der Waals surface area contributed by atoms with Crippen LogP contribution in [-0.4, -0.2) is 72.1 Å². The Hall–Kier alpha value is -1.30. The van der Waals surface area contributed by atoms with Crippen molar-refractivity contribution in [3.63, 3.8) is 0 Å². The van der Waals surface area contributed by atoms with E-state index in [-0.39, 0.29) is 24.5 Å². The molecule has 6 heteroatoms. The average Bonchev–Trinajstić information content (AvgIpc) is 3.21. The summed E-state index contributed by atoms with van der Waals surface area (Å²) in [6, 6.07) is 0.150. The van der Waals surface area contributed by atoms with Crippen LogP contribution < -0.4 is 5.32 Å². The molecule has 3 fully saturated rings. The van der Waals surface area contributed by atoms with Gasteiger partial charge in [-0.3, -0.25) is 9.69 Å². The van der Waals surface area contributed by atoms with E-state index in [0.717, 1.165) is 25.4 Å².